The van der Waals surface area contributed by atoms with Gasteiger partial charge in [0.2, 0.25) is 0 Å². The Bertz CT molecular complexity index is 805. The van der Waals surface area contributed by atoms with Crippen LogP contribution in [0.4, 0.5) is 0 Å². The highest BCUT2D eigenvalue weighted by Crippen LogP contribution is 2.27. The van der Waals surface area contributed by atoms with E-state index in [1.165, 1.54) is 29.5 Å². The number of hydrogen-bond acceptors (Lipinski definition) is 1. The fraction of sp³-hybridized carbons (Fsp3) is 0.348. The van der Waals surface area contributed by atoms with Crippen LogP contribution in [0, 0.1) is 0 Å². The Kier molecular flexibility index (Phi) is 4.80. The lowest BCUT2D eigenvalue weighted by Crippen LogP contribution is -2.10. The number of carboxylic acid groups (broad SMARTS) is 1. The molecule has 0 atom stereocenters. The fourth-order valence-corrected chi connectivity index (χ4v) is 3.42. The van der Waals surface area contributed by atoms with Crippen molar-refractivity contribution in [1.29, 1.82) is 0 Å². The highest BCUT2D eigenvalue weighted by atomic mass is 16.4. The zero-order valence-electron chi connectivity index (χ0n) is 15.3. The molecule has 1 aliphatic rings. The first kappa shape index (κ1) is 17.5. The predicted molar refractivity (Wildman–Crippen MR) is 104 cm³/mol. The van der Waals surface area contributed by atoms with E-state index in [0.29, 0.717) is 5.57 Å². The lowest BCUT2D eigenvalue weighted by molar-refractivity contribution is -0.130. The van der Waals surface area contributed by atoms with Crippen molar-refractivity contribution in [1.82, 2.24) is 0 Å². The Labute approximate surface area is 150 Å². The van der Waals surface area contributed by atoms with Crippen LogP contribution in [0.1, 0.15) is 61.4 Å². The monoisotopic (exact) mass is 334 g/mol. The van der Waals surface area contributed by atoms with Crippen LogP contribution >= 0.6 is 0 Å². The lowest BCUT2D eigenvalue weighted by atomic mass is 9.86. The molecule has 25 heavy (non-hydrogen) atoms. The minimum absolute atomic E-state index is 0.0936. The second-order valence-electron chi connectivity index (χ2n) is 7.93. The molecule has 3 rings (SSSR count). The third-order valence-electron chi connectivity index (χ3n) is 4.98. The molecule has 0 amide bonds. The van der Waals surface area contributed by atoms with E-state index in [-0.39, 0.29) is 5.41 Å². The average Bonchev–Trinajstić information content (AvgIpc) is 2.58. The Morgan fingerprint density at radius 3 is 2.20 bits per heavy atom. The molecular weight excluding hydrogens is 308 g/mol. The number of carbonyl (C=O) groups is 1. The molecular formula is C23H26O2. The Morgan fingerprint density at radius 2 is 1.60 bits per heavy atom. The number of hydrogen-bond donors (Lipinski definition) is 1. The van der Waals surface area contributed by atoms with Crippen LogP contribution < -0.4 is 0 Å². The fourth-order valence-electron chi connectivity index (χ4n) is 3.42. The van der Waals surface area contributed by atoms with E-state index in [1.54, 1.807) is 6.08 Å². The highest BCUT2D eigenvalue weighted by Gasteiger charge is 2.16. The van der Waals surface area contributed by atoms with Crippen molar-refractivity contribution < 1.29 is 9.90 Å². The first-order chi connectivity index (χ1) is 11.8. The van der Waals surface area contributed by atoms with Gasteiger partial charge in [-0.05, 0) is 65.0 Å². The zero-order chi connectivity index (χ0) is 18.0. The van der Waals surface area contributed by atoms with E-state index < -0.39 is 5.97 Å². The van der Waals surface area contributed by atoms with Crippen molar-refractivity contribution in [2.45, 2.75) is 51.9 Å². The molecule has 0 spiro atoms. The molecule has 0 unspecified atom stereocenters. The van der Waals surface area contributed by atoms with Crippen molar-refractivity contribution in [2.75, 3.05) is 0 Å². The number of aryl methyl sites for hydroxylation is 2. The van der Waals surface area contributed by atoms with Gasteiger partial charge in [0.15, 0.2) is 0 Å². The van der Waals surface area contributed by atoms with Crippen molar-refractivity contribution in [3.05, 3.63) is 70.3 Å². The molecule has 1 N–H and O–H groups in total. The van der Waals surface area contributed by atoms with E-state index in [2.05, 4.69) is 45.0 Å². The SMILES string of the molecule is CC(C)(C)c1ccc(/C=C(\C(=O)O)c2ccc3c(c2)CCCC3)cc1. The molecule has 0 fully saturated rings. The lowest BCUT2D eigenvalue weighted by Gasteiger charge is -2.19. The Balaban J connectivity index is 1.96. The minimum Gasteiger partial charge on any atom is -0.478 e. The molecule has 2 aromatic carbocycles. The van der Waals surface area contributed by atoms with Crippen LogP contribution in [0.5, 0.6) is 0 Å². The van der Waals surface area contributed by atoms with Crippen LogP contribution in [0.15, 0.2) is 42.5 Å². The third-order valence-corrected chi connectivity index (χ3v) is 4.98. The topological polar surface area (TPSA) is 37.3 Å². The minimum atomic E-state index is -0.879. The zero-order valence-corrected chi connectivity index (χ0v) is 15.3. The van der Waals surface area contributed by atoms with Crippen LogP contribution in [0.2, 0.25) is 0 Å². The summed E-state index contributed by atoms with van der Waals surface area (Å²) in [5.74, 6) is -0.879. The van der Waals surface area contributed by atoms with Gasteiger partial charge in [0.05, 0.1) is 5.57 Å². The van der Waals surface area contributed by atoms with Crippen molar-refractivity contribution >= 4 is 17.6 Å². The van der Waals surface area contributed by atoms with Crippen molar-refractivity contribution in [3.8, 4) is 0 Å². The largest absolute Gasteiger partial charge is 0.478 e. The van der Waals surface area contributed by atoms with Gasteiger partial charge in [0, 0.05) is 0 Å². The molecule has 2 aromatic rings. The molecule has 1 aliphatic carbocycles. The summed E-state index contributed by atoms with van der Waals surface area (Å²) in [5.41, 5.74) is 6.09. The summed E-state index contributed by atoms with van der Waals surface area (Å²) in [6.07, 6.45) is 6.36. The van der Waals surface area contributed by atoms with Gasteiger partial charge in [0.1, 0.15) is 0 Å². The molecule has 0 aliphatic heterocycles. The van der Waals surface area contributed by atoms with Gasteiger partial charge in [-0.25, -0.2) is 4.79 Å². The number of fused-ring (bicyclic) bond motifs is 1. The van der Waals surface area contributed by atoms with E-state index in [1.807, 2.05) is 18.2 Å². The molecule has 0 aromatic heterocycles. The van der Waals surface area contributed by atoms with Gasteiger partial charge in [-0.2, -0.15) is 0 Å². The molecule has 2 nitrogen and oxygen atoms in total. The first-order valence-electron chi connectivity index (χ1n) is 9.02. The Morgan fingerprint density at radius 1 is 0.960 bits per heavy atom. The summed E-state index contributed by atoms with van der Waals surface area (Å²) in [4.78, 5) is 11.8. The molecule has 0 saturated carbocycles. The number of benzene rings is 2. The molecule has 0 bridgehead atoms. The number of rotatable bonds is 3. The predicted octanol–water partition coefficient (Wildman–Crippen LogP) is 5.49. The van der Waals surface area contributed by atoms with Gasteiger partial charge >= 0.3 is 5.97 Å². The maximum atomic E-state index is 11.8. The molecule has 0 saturated heterocycles. The van der Waals surface area contributed by atoms with Gasteiger partial charge in [-0.3, -0.25) is 0 Å². The van der Waals surface area contributed by atoms with E-state index in [9.17, 15) is 9.90 Å². The summed E-state index contributed by atoms with van der Waals surface area (Å²) < 4.78 is 0. The molecule has 130 valence electrons. The van der Waals surface area contributed by atoms with E-state index >= 15 is 0 Å². The van der Waals surface area contributed by atoms with Crippen LogP contribution in [0.25, 0.3) is 11.6 Å². The van der Waals surface area contributed by atoms with E-state index in [0.717, 1.165) is 24.0 Å². The second kappa shape index (κ2) is 6.87. The summed E-state index contributed by atoms with van der Waals surface area (Å²) >= 11 is 0. The molecule has 0 radical (unpaired) electrons. The van der Waals surface area contributed by atoms with Crippen molar-refractivity contribution in [2.24, 2.45) is 0 Å². The summed E-state index contributed by atoms with van der Waals surface area (Å²) in [6, 6.07) is 14.3. The summed E-state index contributed by atoms with van der Waals surface area (Å²) in [6.45, 7) is 6.52. The van der Waals surface area contributed by atoms with Gasteiger partial charge in [0.25, 0.3) is 0 Å². The van der Waals surface area contributed by atoms with E-state index in [4.69, 9.17) is 0 Å². The molecule has 2 heteroatoms. The second-order valence-corrected chi connectivity index (χ2v) is 7.93. The summed E-state index contributed by atoms with van der Waals surface area (Å²) in [7, 11) is 0. The third kappa shape index (κ3) is 4.01. The standard InChI is InChI=1S/C23H26O2/c1-23(2,3)20-12-8-16(9-13-20)14-21(22(24)25)19-11-10-17-6-4-5-7-18(17)15-19/h8-15H,4-7H2,1-3H3,(H,24,25)/b21-14-. The van der Waals surface area contributed by atoms with Gasteiger partial charge in [-0.1, -0.05) is 63.2 Å². The first-order valence-corrected chi connectivity index (χ1v) is 9.02. The number of aliphatic carboxylic acids is 1. The quantitative estimate of drug-likeness (QED) is 0.595. The maximum Gasteiger partial charge on any atom is 0.336 e. The number of carboxylic acids is 1. The smallest absolute Gasteiger partial charge is 0.336 e. The average molecular weight is 334 g/mol. The van der Waals surface area contributed by atoms with Crippen molar-refractivity contribution in [3.63, 3.8) is 0 Å². The highest BCUT2D eigenvalue weighted by molar-refractivity contribution is 6.20. The normalized spacial score (nSPS) is 14.9. The summed E-state index contributed by atoms with van der Waals surface area (Å²) in [5, 5.41) is 9.71. The Hall–Kier alpha value is -2.35. The van der Waals surface area contributed by atoms with Crippen LogP contribution in [-0.2, 0) is 23.1 Å². The van der Waals surface area contributed by atoms with Gasteiger partial charge in [-0.15, -0.1) is 0 Å². The molecule has 0 heterocycles. The van der Waals surface area contributed by atoms with Crippen LogP contribution in [0.3, 0.4) is 0 Å². The van der Waals surface area contributed by atoms with Gasteiger partial charge < -0.3 is 5.11 Å². The maximum absolute atomic E-state index is 11.8. The van der Waals surface area contributed by atoms with Crippen LogP contribution in [-0.4, -0.2) is 11.1 Å².